The Kier molecular flexibility index (Phi) is 5.94. The van der Waals surface area contributed by atoms with Crippen LogP contribution in [0.3, 0.4) is 0 Å². The van der Waals surface area contributed by atoms with Crippen molar-refractivity contribution >= 4 is 31.6 Å². The molecule has 1 N–H and O–H groups in total. The van der Waals surface area contributed by atoms with Crippen LogP contribution in [0, 0.1) is 0 Å². The van der Waals surface area contributed by atoms with Crippen LogP contribution in [0.1, 0.15) is 5.56 Å². The van der Waals surface area contributed by atoms with Gasteiger partial charge in [-0.2, -0.15) is 0 Å². The van der Waals surface area contributed by atoms with Crippen LogP contribution in [0.4, 0.5) is 5.69 Å². The SMILES string of the molecule is COCCS(=O)(=O)Nc1ccc(CCBr)cc1. The molecule has 1 aromatic rings. The third-order valence-electron chi connectivity index (χ3n) is 2.17. The van der Waals surface area contributed by atoms with E-state index in [4.69, 9.17) is 4.74 Å². The monoisotopic (exact) mass is 321 g/mol. The van der Waals surface area contributed by atoms with Crippen LogP contribution in [-0.4, -0.2) is 33.2 Å². The summed E-state index contributed by atoms with van der Waals surface area (Å²) in [5.74, 6) is -0.0351. The van der Waals surface area contributed by atoms with E-state index in [1.807, 2.05) is 12.1 Å². The maximum absolute atomic E-state index is 11.6. The number of methoxy groups -OCH3 is 1. The van der Waals surface area contributed by atoms with Crippen molar-refractivity contribution in [2.24, 2.45) is 0 Å². The maximum Gasteiger partial charge on any atom is 0.234 e. The quantitative estimate of drug-likeness (QED) is 0.782. The van der Waals surface area contributed by atoms with E-state index in [1.54, 1.807) is 12.1 Å². The van der Waals surface area contributed by atoms with Crippen LogP contribution >= 0.6 is 15.9 Å². The summed E-state index contributed by atoms with van der Waals surface area (Å²) in [4.78, 5) is 0. The summed E-state index contributed by atoms with van der Waals surface area (Å²) in [5.41, 5.74) is 1.75. The van der Waals surface area contributed by atoms with Crippen molar-refractivity contribution in [1.29, 1.82) is 0 Å². The van der Waals surface area contributed by atoms with E-state index < -0.39 is 10.0 Å². The lowest BCUT2D eigenvalue weighted by Crippen LogP contribution is -2.19. The first kappa shape index (κ1) is 14.5. The van der Waals surface area contributed by atoms with Gasteiger partial charge < -0.3 is 4.74 Å². The Morgan fingerprint density at radius 2 is 1.94 bits per heavy atom. The van der Waals surface area contributed by atoms with Gasteiger partial charge in [0.15, 0.2) is 0 Å². The van der Waals surface area contributed by atoms with E-state index in [2.05, 4.69) is 20.7 Å². The molecule has 4 nitrogen and oxygen atoms in total. The van der Waals surface area contributed by atoms with Crippen molar-refractivity contribution in [3.63, 3.8) is 0 Å². The normalized spacial score (nSPS) is 11.4. The van der Waals surface area contributed by atoms with Gasteiger partial charge in [-0.3, -0.25) is 4.72 Å². The van der Waals surface area contributed by atoms with E-state index in [9.17, 15) is 8.42 Å². The maximum atomic E-state index is 11.6. The second kappa shape index (κ2) is 6.98. The van der Waals surface area contributed by atoms with Crippen LogP contribution in [-0.2, 0) is 21.2 Å². The molecule has 96 valence electrons. The molecule has 17 heavy (non-hydrogen) atoms. The Hall–Kier alpha value is -0.590. The summed E-state index contributed by atoms with van der Waals surface area (Å²) in [6.07, 6.45) is 0.927. The van der Waals surface area contributed by atoms with Gasteiger partial charge in [0.1, 0.15) is 0 Å². The van der Waals surface area contributed by atoms with Crippen LogP contribution in [0.15, 0.2) is 24.3 Å². The number of aryl methyl sites for hydroxylation is 1. The zero-order chi connectivity index (χ0) is 12.7. The van der Waals surface area contributed by atoms with Crippen molar-refractivity contribution in [2.45, 2.75) is 6.42 Å². The number of sulfonamides is 1. The number of anilines is 1. The summed E-state index contributed by atoms with van der Waals surface area (Å²) in [5, 5.41) is 0.895. The molecule has 1 aromatic carbocycles. The minimum Gasteiger partial charge on any atom is -0.384 e. The Morgan fingerprint density at radius 3 is 2.47 bits per heavy atom. The number of alkyl halides is 1. The lowest BCUT2D eigenvalue weighted by atomic mass is 10.2. The number of hydrogen-bond acceptors (Lipinski definition) is 3. The van der Waals surface area contributed by atoms with Crippen LogP contribution in [0.25, 0.3) is 0 Å². The summed E-state index contributed by atoms with van der Waals surface area (Å²) >= 11 is 3.36. The molecule has 0 atom stereocenters. The van der Waals surface area contributed by atoms with Gasteiger partial charge in [0.05, 0.1) is 12.4 Å². The number of hydrogen-bond donors (Lipinski definition) is 1. The van der Waals surface area contributed by atoms with E-state index in [-0.39, 0.29) is 12.4 Å². The Morgan fingerprint density at radius 1 is 1.29 bits per heavy atom. The molecule has 0 saturated carbocycles. The third kappa shape index (κ3) is 5.52. The van der Waals surface area contributed by atoms with Crippen molar-refractivity contribution < 1.29 is 13.2 Å². The smallest absolute Gasteiger partial charge is 0.234 e. The highest BCUT2D eigenvalue weighted by Crippen LogP contribution is 2.12. The first-order valence-electron chi connectivity index (χ1n) is 5.22. The average Bonchev–Trinajstić information content (AvgIpc) is 2.29. The first-order chi connectivity index (χ1) is 8.07. The van der Waals surface area contributed by atoms with E-state index in [0.717, 1.165) is 11.8 Å². The van der Waals surface area contributed by atoms with Gasteiger partial charge >= 0.3 is 0 Å². The fourth-order valence-corrected chi connectivity index (χ4v) is 2.71. The molecule has 0 heterocycles. The molecule has 0 aliphatic carbocycles. The van der Waals surface area contributed by atoms with E-state index >= 15 is 0 Å². The molecule has 0 aromatic heterocycles. The van der Waals surface area contributed by atoms with Crippen molar-refractivity contribution in [3.05, 3.63) is 29.8 Å². The number of halogens is 1. The molecule has 1 rings (SSSR count). The van der Waals surface area contributed by atoms with Crippen LogP contribution in [0.2, 0.25) is 0 Å². The van der Waals surface area contributed by atoms with Gasteiger partial charge in [-0.05, 0) is 24.1 Å². The lowest BCUT2D eigenvalue weighted by Gasteiger charge is -2.08. The fraction of sp³-hybridized carbons (Fsp3) is 0.455. The molecule has 0 saturated heterocycles. The summed E-state index contributed by atoms with van der Waals surface area (Å²) in [6.45, 7) is 0.191. The second-order valence-electron chi connectivity index (χ2n) is 3.55. The number of ether oxygens (including phenoxy) is 1. The molecule has 6 heteroatoms. The molecule has 0 radical (unpaired) electrons. The second-order valence-corrected chi connectivity index (χ2v) is 6.18. The molecular weight excluding hydrogens is 306 g/mol. The minimum atomic E-state index is -3.31. The minimum absolute atomic E-state index is 0.0351. The predicted octanol–water partition coefficient (Wildman–Crippen LogP) is 2.01. The van der Waals surface area contributed by atoms with Crippen LogP contribution in [0.5, 0.6) is 0 Å². The summed E-state index contributed by atoms with van der Waals surface area (Å²) in [7, 11) is -1.83. The van der Waals surface area contributed by atoms with Gasteiger partial charge in [0, 0.05) is 18.1 Å². The van der Waals surface area contributed by atoms with Crippen molar-refractivity contribution in [3.8, 4) is 0 Å². The van der Waals surface area contributed by atoms with Gasteiger partial charge in [-0.1, -0.05) is 28.1 Å². The van der Waals surface area contributed by atoms with Crippen LogP contribution < -0.4 is 4.72 Å². The number of nitrogens with one attached hydrogen (secondary N) is 1. The van der Waals surface area contributed by atoms with Gasteiger partial charge in [0.2, 0.25) is 10.0 Å². The molecule has 0 unspecified atom stereocenters. The Balaban J connectivity index is 2.62. The molecule has 0 spiro atoms. The average molecular weight is 322 g/mol. The van der Waals surface area contributed by atoms with E-state index in [0.29, 0.717) is 5.69 Å². The Bertz CT molecular complexity index is 431. The van der Waals surface area contributed by atoms with E-state index in [1.165, 1.54) is 12.7 Å². The first-order valence-corrected chi connectivity index (χ1v) is 7.99. The highest BCUT2D eigenvalue weighted by molar-refractivity contribution is 9.09. The zero-order valence-corrected chi connectivity index (χ0v) is 12.1. The molecule has 0 aliphatic rings. The Labute approximate surface area is 111 Å². The number of benzene rings is 1. The molecular formula is C11H16BrNO3S. The summed E-state index contributed by atoms with van der Waals surface area (Å²) in [6, 6.07) is 7.36. The number of rotatable bonds is 7. The largest absolute Gasteiger partial charge is 0.384 e. The van der Waals surface area contributed by atoms with Gasteiger partial charge in [-0.15, -0.1) is 0 Å². The van der Waals surface area contributed by atoms with Gasteiger partial charge in [-0.25, -0.2) is 8.42 Å². The van der Waals surface area contributed by atoms with Crippen molar-refractivity contribution in [1.82, 2.24) is 0 Å². The van der Waals surface area contributed by atoms with Crippen molar-refractivity contribution in [2.75, 3.05) is 29.5 Å². The topological polar surface area (TPSA) is 55.4 Å². The lowest BCUT2D eigenvalue weighted by molar-refractivity contribution is 0.217. The highest BCUT2D eigenvalue weighted by atomic mass is 79.9. The highest BCUT2D eigenvalue weighted by Gasteiger charge is 2.09. The summed E-state index contributed by atoms with van der Waals surface area (Å²) < 4.78 is 30.4. The molecule has 0 fully saturated rings. The van der Waals surface area contributed by atoms with Gasteiger partial charge in [0.25, 0.3) is 0 Å². The third-order valence-corrected chi connectivity index (χ3v) is 3.81. The predicted molar refractivity (Wildman–Crippen MR) is 73.2 cm³/mol. The fourth-order valence-electron chi connectivity index (χ4n) is 1.27. The zero-order valence-electron chi connectivity index (χ0n) is 9.65. The molecule has 0 amide bonds. The molecule has 0 aliphatic heterocycles. The molecule has 0 bridgehead atoms. The standard InChI is InChI=1S/C11H16BrNO3S/c1-16-8-9-17(14,15)13-11-4-2-10(3-5-11)6-7-12/h2-5,13H,6-9H2,1H3.